The van der Waals surface area contributed by atoms with Crippen LogP contribution >= 0.6 is 0 Å². The monoisotopic (exact) mass is 397 g/mol. The van der Waals surface area contributed by atoms with E-state index >= 15 is 0 Å². The molecule has 0 aliphatic carbocycles. The molecule has 1 atom stereocenters. The number of carboxylic acids is 1. The minimum Gasteiger partial charge on any atom is -0.480 e. The number of nitro benzene ring substituents is 1. The molecule has 0 aliphatic heterocycles. The smallest absolute Gasteiger partial charge is 0.408 e. The highest BCUT2D eigenvalue weighted by atomic mass is 16.6. The molecule has 0 saturated carbocycles. The second-order valence-corrected chi connectivity index (χ2v) is 6.80. The van der Waals surface area contributed by atoms with Crippen molar-refractivity contribution in [3.63, 3.8) is 0 Å². The molecule has 0 saturated heterocycles. The van der Waals surface area contributed by atoms with Crippen LogP contribution < -0.4 is 5.32 Å². The van der Waals surface area contributed by atoms with Crippen molar-refractivity contribution in [1.82, 2.24) is 10.3 Å². The molecule has 0 radical (unpaired) electrons. The van der Waals surface area contributed by atoms with Gasteiger partial charge in [0.2, 0.25) is 0 Å². The molecule has 0 fully saturated rings. The number of nitro groups is 1. The Morgan fingerprint density at radius 3 is 2.55 bits per heavy atom. The van der Waals surface area contributed by atoms with E-state index in [-0.39, 0.29) is 18.7 Å². The van der Waals surface area contributed by atoms with E-state index in [0.717, 1.165) is 16.5 Å². The highest BCUT2D eigenvalue weighted by Crippen LogP contribution is 2.23. The standard InChI is InChI=1S/C20H19N3O6/c1-20(18(24)25,10-14-11-21-17-5-3-2-4-16(14)17)22-19(26)29-12-13-6-8-15(9-7-13)23(27)28/h2-9,11,21H,10,12H2,1H3,(H,22,26)(H,24,25)/t20-/m1/s1. The SMILES string of the molecule is C[C@](Cc1c[nH]c2ccccc12)(NC(=O)OCc1ccc([N+](=O)[O-])cc1)C(=O)O. The first kappa shape index (κ1) is 19.9. The van der Waals surface area contributed by atoms with Gasteiger partial charge in [-0.05, 0) is 36.2 Å². The van der Waals surface area contributed by atoms with Crippen molar-refractivity contribution in [3.05, 3.63) is 76.0 Å². The van der Waals surface area contributed by atoms with Crippen molar-refractivity contribution in [3.8, 4) is 0 Å². The number of ether oxygens (including phenoxy) is 1. The number of aromatic nitrogens is 1. The first-order valence-electron chi connectivity index (χ1n) is 8.75. The molecule has 3 N–H and O–H groups in total. The van der Waals surface area contributed by atoms with Gasteiger partial charge >= 0.3 is 12.1 Å². The number of benzene rings is 2. The molecule has 150 valence electrons. The Morgan fingerprint density at radius 1 is 1.21 bits per heavy atom. The van der Waals surface area contributed by atoms with Gasteiger partial charge in [-0.15, -0.1) is 0 Å². The van der Waals surface area contributed by atoms with E-state index in [9.17, 15) is 24.8 Å². The lowest BCUT2D eigenvalue weighted by Crippen LogP contribution is -2.53. The third-order valence-corrected chi connectivity index (χ3v) is 4.59. The van der Waals surface area contributed by atoms with E-state index in [1.807, 2.05) is 24.3 Å². The van der Waals surface area contributed by atoms with Crippen LogP contribution in [0.15, 0.2) is 54.7 Å². The van der Waals surface area contributed by atoms with Gasteiger partial charge in [-0.3, -0.25) is 10.1 Å². The van der Waals surface area contributed by atoms with Gasteiger partial charge < -0.3 is 20.1 Å². The van der Waals surface area contributed by atoms with Gasteiger partial charge in [-0.25, -0.2) is 9.59 Å². The molecular formula is C20H19N3O6. The third-order valence-electron chi connectivity index (χ3n) is 4.59. The largest absolute Gasteiger partial charge is 0.480 e. The summed E-state index contributed by atoms with van der Waals surface area (Å²) in [6.07, 6.45) is 0.877. The number of hydrogen-bond acceptors (Lipinski definition) is 5. The fraction of sp³-hybridized carbons (Fsp3) is 0.200. The predicted molar refractivity (Wildman–Crippen MR) is 104 cm³/mol. The number of carbonyl (C=O) groups is 2. The number of nitrogens with one attached hydrogen (secondary N) is 2. The number of rotatable bonds is 7. The molecular weight excluding hydrogens is 378 g/mol. The molecule has 29 heavy (non-hydrogen) atoms. The summed E-state index contributed by atoms with van der Waals surface area (Å²) < 4.78 is 5.09. The number of H-pyrrole nitrogens is 1. The van der Waals surface area contributed by atoms with Crippen LogP contribution in [0.25, 0.3) is 10.9 Å². The van der Waals surface area contributed by atoms with Crippen molar-refractivity contribution >= 4 is 28.7 Å². The van der Waals surface area contributed by atoms with E-state index < -0.39 is 22.5 Å². The van der Waals surface area contributed by atoms with Gasteiger partial charge in [0.25, 0.3) is 5.69 Å². The van der Waals surface area contributed by atoms with Crippen molar-refractivity contribution < 1.29 is 24.4 Å². The summed E-state index contributed by atoms with van der Waals surface area (Å²) in [4.78, 5) is 37.3. The minimum absolute atomic E-state index is 0.0545. The zero-order valence-electron chi connectivity index (χ0n) is 15.5. The Balaban J connectivity index is 1.66. The number of carbonyl (C=O) groups excluding carboxylic acids is 1. The van der Waals surface area contributed by atoms with Gasteiger partial charge in [0.15, 0.2) is 0 Å². The summed E-state index contributed by atoms with van der Waals surface area (Å²) in [5, 5.41) is 23.6. The third kappa shape index (κ3) is 4.52. The zero-order valence-corrected chi connectivity index (χ0v) is 15.5. The van der Waals surface area contributed by atoms with Gasteiger partial charge in [0.05, 0.1) is 4.92 Å². The van der Waals surface area contributed by atoms with Gasteiger partial charge in [0, 0.05) is 35.7 Å². The highest BCUT2D eigenvalue weighted by molar-refractivity contribution is 5.87. The molecule has 1 amide bonds. The number of carboxylic acid groups (broad SMARTS) is 1. The molecule has 3 rings (SSSR count). The molecule has 0 unspecified atom stereocenters. The van der Waals surface area contributed by atoms with Crippen LogP contribution in [0, 0.1) is 10.1 Å². The number of fused-ring (bicyclic) bond motifs is 1. The molecule has 0 spiro atoms. The van der Waals surface area contributed by atoms with Gasteiger partial charge in [-0.1, -0.05) is 18.2 Å². The topological polar surface area (TPSA) is 135 Å². The Bertz CT molecular complexity index is 1060. The number of alkyl carbamates (subject to hydrolysis) is 1. The van der Waals surface area contributed by atoms with E-state index in [0.29, 0.717) is 5.56 Å². The fourth-order valence-corrected chi connectivity index (χ4v) is 2.96. The van der Waals surface area contributed by atoms with Crippen LogP contribution in [-0.2, 0) is 22.6 Å². The summed E-state index contributed by atoms with van der Waals surface area (Å²) in [6.45, 7) is 1.26. The van der Waals surface area contributed by atoms with Crippen LogP contribution in [0.4, 0.5) is 10.5 Å². The van der Waals surface area contributed by atoms with E-state index in [1.165, 1.54) is 31.2 Å². The van der Waals surface area contributed by atoms with Gasteiger partial charge in [0.1, 0.15) is 12.1 Å². The molecule has 3 aromatic rings. The molecule has 0 bridgehead atoms. The lowest BCUT2D eigenvalue weighted by atomic mass is 9.93. The molecule has 9 heteroatoms. The Morgan fingerprint density at radius 2 is 1.90 bits per heavy atom. The Hall–Kier alpha value is -3.88. The number of amides is 1. The maximum atomic E-state index is 12.2. The van der Waals surface area contributed by atoms with Crippen LogP contribution in [0.2, 0.25) is 0 Å². The molecule has 9 nitrogen and oxygen atoms in total. The lowest BCUT2D eigenvalue weighted by Gasteiger charge is -2.25. The summed E-state index contributed by atoms with van der Waals surface area (Å²) in [5.74, 6) is -1.20. The molecule has 2 aromatic carbocycles. The predicted octanol–water partition coefficient (Wildman–Crippen LogP) is 3.39. The number of hydrogen-bond donors (Lipinski definition) is 3. The van der Waals surface area contributed by atoms with Crippen molar-refractivity contribution in [1.29, 1.82) is 0 Å². The average Bonchev–Trinajstić information content (AvgIpc) is 3.09. The number of aromatic amines is 1. The second-order valence-electron chi connectivity index (χ2n) is 6.80. The number of non-ortho nitro benzene ring substituents is 1. The van der Waals surface area contributed by atoms with Crippen LogP contribution in [-0.4, -0.2) is 32.6 Å². The van der Waals surface area contributed by atoms with Crippen molar-refractivity contribution in [2.45, 2.75) is 25.5 Å². The average molecular weight is 397 g/mol. The first-order valence-corrected chi connectivity index (χ1v) is 8.75. The maximum Gasteiger partial charge on any atom is 0.408 e. The fourth-order valence-electron chi connectivity index (χ4n) is 2.96. The Kier molecular flexibility index (Phi) is 5.49. The summed E-state index contributed by atoms with van der Waals surface area (Å²) in [6, 6.07) is 13.0. The number of para-hydroxylation sites is 1. The zero-order chi connectivity index (χ0) is 21.0. The Labute approximate surface area is 165 Å². The summed E-state index contributed by atoms with van der Waals surface area (Å²) in [7, 11) is 0. The summed E-state index contributed by atoms with van der Waals surface area (Å²) >= 11 is 0. The number of aliphatic carboxylic acids is 1. The molecule has 1 aromatic heterocycles. The second kappa shape index (κ2) is 8.01. The van der Waals surface area contributed by atoms with E-state index in [4.69, 9.17) is 4.74 Å². The van der Waals surface area contributed by atoms with Crippen LogP contribution in [0.1, 0.15) is 18.1 Å². The maximum absolute atomic E-state index is 12.2. The quantitative estimate of drug-likeness (QED) is 0.413. The summed E-state index contributed by atoms with van der Waals surface area (Å²) in [5.41, 5.74) is 0.504. The lowest BCUT2D eigenvalue weighted by molar-refractivity contribution is -0.384. The molecule has 1 heterocycles. The van der Waals surface area contributed by atoms with E-state index in [2.05, 4.69) is 10.3 Å². The van der Waals surface area contributed by atoms with Crippen molar-refractivity contribution in [2.24, 2.45) is 0 Å². The van der Waals surface area contributed by atoms with Crippen LogP contribution in [0.5, 0.6) is 0 Å². The molecule has 0 aliphatic rings. The highest BCUT2D eigenvalue weighted by Gasteiger charge is 2.36. The van der Waals surface area contributed by atoms with Crippen LogP contribution in [0.3, 0.4) is 0 Å². The van der Waals surface area contributed by atoms with Crippen molar-refractivity contribution in [2.75, 3.05) is 0 Å². The minimum atomic E-state index is -1.59. The normalized spacial score (nSPS) is 12.9. The van der Waals surface area contributed by atoms with E-state index in [1.54, 1.807) is 6.20 Å². The van der Waals surface area contributed by atoms with Gasteiger partial charge in [-0.2, -0.15) is 0 Å². The number of nitrogens with zero attached hydrogens (tertiary/aromatic N) is 1. The first-order chi connectivity index (χ1) is 13.8.